The molecule has 4 bridgehead atoms. The van der Waals surface area contributed by atoms with Crippen LogP contribution >= 0.6 is 0 Å². The fourth-order valence-electron chi connectivity index (χ4n) is 6.78. The highest BCUT2D eigenvalue weighted by Gasteiger charge is 2.52. The zero-order valence-corrected chi connectivity index (χ0v) is 16.3. The van der Waals surface area contributed by atoms with E-state index >= 15 is 0 Å². The van der Waals surface area contributed by atoms with Gasteiger partial charge in [0, 0.05) is 24.2 Å². The smallest absolute Gasteiger partial charge is 0.253 e. The average Bonchev–Trinajstić information content (AvgIpc) is 2.67. The molecule has 4 saturated carbocycles. The van der Waals surface area contributed by atoms with Gasteiger partial charge in [0.15, 0.2) is 0 Å². The van der Waals surface area contributed by atoms with Crippen LogP contribution in [0.25, 0.3) is 0 Å². The number of carbonyl (C=O) groups excluding carboxylic acids is 2. The molecule has 150 valence electrons. The Morgan fingerprint density at radius 3 is 2.21 bits per heavy atom. The highest BCUT2D eigenvalue weighted by molar-refractivity contribution is 5.94. The van der Waals surface area contributed by atoms with Gasteiger partial charge in [-0.1, -0.05) is 0 Å². The number of carbonyl (C=O) groups is 2. The molecule has 1 saturated heterocycles. The molecule has 0 radical (unpaired) electrons. The van der Waals surface area contributed by atoms with E-state index in [0.717, 1.165) is 49.9 Å². The molecule has 0 aromatic heterocycles. The molecule has 1 heterocycles. The Bertz CT molecular complexity index is 740. The molecule has 1 atom stereocenters. The number of piperidine rings is 1. The highest BCUT2D eigenvalue weighted by Crippen LogP contribution is 2.55. The minimum atomic E-state index is -0.344. The topological polar surface area (TPSA) is 49.4 Å². The molecule has 2 amide bonds. The van der Waals surface area contributed by atoms with Crippen LogP contribution in [0.5, 0.6) is 0 Å². The van der Waals surface area contributed by atoms with E-state index in [1.807, 2.05) is 0 Å². The van der Waals surface area contributed by atoms with E-state index in [0.29, 0.717) is 18.7 Å². The van der Waals surface area contributed by atoms with Crippen molar-refractivity contribution in [1.29, 1.82) is 0 Å². The molecular weight excluding hydrogens is 355 g/mol. The molecule has 1 N–H and O–H groups in total. The van der Waals surface area contributed by atoms with Crippen molar-refractivity contribution in [2.75, 3.05) is 13.1 Å². The molecule has 0 spiro atoms. The summed E-state index contributed by atoms with van der Waals surface area (Å²) < 4.78 is 13.1. The third-order valence-corrected chi connectivity index (χ3v) is 7.60. The van der Waals surface area contributed by atoms with Crippen molar-refractivity contribution in [3.05, 3.63) is 35.6 Å². The summed E-state index contributed by atoms with van der Waals surface area (Å²) in [5, 5.41) is 3.47. The summed E-state index contributed by atoms with van der Waals surface area (Å²) >= 11 is 0. The summed E-state index contributed by atoms with van der Waals surface area (Å²) in [7, 11) is 0. The van der Waals surface area contributed by atoms with Crippen LogP contribution in [0.15, 0.2) is 24.3 Å². The Labute approximate surface area is 165 Å². The zero-order chi connectivity index (χ0) is 19.3. The Hall–Kier alpha value is -1.91. The van der Waals surface area contributed by atoms with Crippen LogP contribution in [-0.2, 0) is 4.79 Å². The van der Waals surface area contributed by atoms with Crippen molar-refractivity contribution in [2.24, 2.45) is 23.7 Å². The second-order valence-electron chi connectivity index (χ2n) is 9.78. The molecule has 4 nitrogen and oxygen atoms in total. The van der Waals surface area contributed by atoms with E-state index in [-0.39, 0.29) is 29.1 Å². The van der Waals surface area contributed by atoms with Crippen molar-refractivity contribution >= 4 is 11.8 Å². The lowest BCUT2D eigenvalue weighted by molar-refractivity contribution is -0.132. The van der Waals surface area contributed by atoms with E-state index < -0.39 is 0 Å². The fourth-order valence-corrected chi connectivity index (χ4v) is 6.78. The van der Waals surface area contributed by atoms with Gasteiger partial charge < -0.3 is 10.2 Å². The average molecular weight is 384 g/mol. The largest absolute Gasteiger partial charge is 0.350 e. The van der Waals surface area contributed by atoms with Crippen molar-refractivity contribution in [2.45, 2.75) is 56.9 Å². The van der Waals surface area contributed by atoms with Gasteiger partial charge in [-0.05, 0) is 93.4 Å². The van der Waals surface area contributed by atoms with Crippen LogP contribution in [0.2, 0.25) is 0 Å². The standard InChI is InChI=1S/C23H29FN2O2/c24-20-5-3-18(4-6-20)22(28)26-7-1-2-19(14-26)21(27)25-23-11-15-8-16(12-23)10-17(9-15)13-23/h3-6,15-17,19H,1-2,7-14H2,(H,25,27). The first-order chi connectivity index (χ1) is 13.5. The third kappa shape index (κ3) is 3.33. The summed E-state index contributed by atoms with van der Waals surface area (Å²) in [6.45, 7) is 1.13. The molecule has 1 aliphatic heterocycles. The second-order valence-corrected chi connectivity index (χ2v) is 9.78. The Balaban J connectivity index is 1.24. The molecule has 4 aliphatic carbocycles. The first-order valence-corrected chi connectivity index (χ1v) is 10.9. The van der Waals surface area contributed by atoms with Crippen LogP contribution < -0.4 is 5.32 Å². The maximum Gasteiger partial charge on any atom is 0.253 e. The van der Waals surface area contributed by atoms with Gasteiger partial charge >= 0.3 is 0 Å². The lowest BCUT2D eigenvalue weighted by Gasteiger charge is -2.57. The van der Waals surface area contributed by atoms with Gasteiger partial charge in [-0.3, -0.25) is 9.59 Å². The number of nitrogens with one attached hydrogen (secondary N) is 1. The first kappa shape index (κ1) is 18.1. The van der Waals surface area contributed by atoms with Crippen LogP contribution in [0.3, 0.4) is 0 Å². The number of benzene rings is 1. The van der Waals surface area contributed by atoms with Gasteiger partial charge in [0.1, 0.15) is 5.82 Å². The molecule has 1 aromatic carbocycles. The number of amides is 2. The Morgan fingerprint density at radius 1 is 1.00 bits per heavy atom. The summed E-state index contributed by atoms with van der Waals surface area (Å²) in [5.41, 5.74) is 0.512. The van der Waals surface area contributed by atoms with E-state index in [1.54, 1.807) is 4.90 Å². The van der Waals surface area contributed by atoms with Crippen LogP contribution in [0, 0.1) is 29.5 Å². The number of halogens is 1. The predicted molar refractivity (Wildman–Crippen MR) is 104 cm³/mol. The van der Waals surface area contributed by atoms with Gasteiger partial charge in [0.2, 0.25) is 5.91 Å². The first-order valence-electron chi connectivity index (χ1n) is 10.9. The molecule has 5 fully saturated rings. The number of likely N-dealkylation sites (tertiary alicyclic amines) is 1. The van der Waals surface area contributed by atoms with E-state index in [4.69, 9.17) is 0 Å². The van der Waals surface area contributed by atoms with Gasteiger partial charge in [0.25, 0.3) is 5.91 Å². The number of hydrogen-bond donors (Lipinski definition) is 1. The van der Waals surface area contributed by atoms with Crippen LogP contribution in [-0.4, -0.2) is 35.3 Å². The molecular formula is C23H29FN2O2. The number of nitrogens with zero attached hydrogens (tertiary/aromatic N) is 1. The normalized spacial score (nSPS) is 36.4. The summed E-state index contributed by atoms with van der Waals surface area (Å²) in [6.07, 6.45) is 9.20. The minimum Gasteiger partial charge on any atom is -0.350 e. The van der Waals surface area contributed by atoms with Crippen LogP contribution in [0.1, 0.15) is 61.7 Å². The van der Waals surface area contributed by atoms with Gasteiger partial charge in [0.05, 0.1) is 5.92 Å². The van der Waals surface area contributed by atoms with Gasteiger partial charge in [-0.15, -0.1) is 0 Å². The minimum absolute atomic E-state index is 0.0229. The van der Waals surface area contributed by atoms with Crippen LogP contribution in [0.4, 0.5) is 4.39 Å². The lowest BCUT2D eigenvalue weighted by Crippen LogP contribution is -2.61. The maximum absolute atomic E-state index is 13.1. The van der Waals surface area contributed by atoms with E-state index in [1.165, 1.54) is 43.5 Å². The molecule has 1 aromatic rings. The van der Waals surface area contributed by atoms with Gasteiger partial charge in [-0.2, -0.15) is 0 Å². The predicted octanol–water partition coefficient (Wildman–Crippen LogP) is 3.76. The lowest BCUT2D eigenvalue weighted by atomic mass is 9.53. The third-order valence-electron chi connectivity index (χ3n) is 7.60. The molecule has 5 aliphatic rings. The van der Waals surface area contributed by atoms with Crippen molar-refractivity contribution < 1.29 is 14.0 Å². The van der Waals surface area contributed by atoms with Crippen molar-refractivity contribution in [1.82, 2.24) is 10.2 Å². The van der Waals surface area contributed by atoms with Gasteiger partial charge in [-0.25, -0.2) is 4.39 Å². The highest BCUT2D eigenvalue weighted by atomic mass is 19.1. The summed E-state index contributed by atoms with van der Waals surface area (Å²) in [6, 6.07) is 5.68. The quantitative estimate of drug-likeness (QED) is 0.863. The van der Waals surface area contributed by atoms with Crippen molar-refractivity contribution in [3.8, 4) is 0 Å². The Morgan fingerprint density at radius 2 is 1.61 bits per heavy atom. The zero-order valence-electron chi connectivity index (χ0n) is 16.3. The second kappa shape index (κ2) is 6.85. The fraction of sp³-hybridized carbons (Fsp3) is 0.652. The molecule has 1 unspecified atom stereocenters. The van der Waals surface area contributed by atoms with E-state index in [2.05, 4.69) is 5.32 Å². The number of rotatable bonds is 3. The SMILES string of the molecule is O=C(NC12CC3CC(CC(C3)C1)C2)C1CCCN(C(=O)c2ccc(F)cc2)C1. The molecule has 6 rings (SSSR count). The monoisotopic (exact) mass is 384 g/mol. The maximum atomic E-state index is 13.1. The van der Waals surface area contributed by atoms with E-state index in [9.17, 15) is 14.0 Å². The number of hydrogen-bond acceptors (Lipinski definition) is 2. The molecule has 5 heteroatoms. The summed E-state index contributed by atoms with van der Waals surface area (Å²) in [4.78, 5) is 27.7. The molecule has 28 heavy (non-hydrogen) atoms. The summed E-state index contributed by atoms with van der Waals surface area (Å²) in [5.74, 6) is 1.96. The Kier molecular flexibility index (Phi) is 4.44. The van der Waals surface area contributed by atoms with Crippen molar-refractivity contribution in [3.63, 3.8) is 0 Å².